The lowest BCUT2D eigenvalue weighted by Crippen LogP contribution is -2.52. The maximum absolute atomic E-state index is 13.7. The van der Waals surface area contributed by atoms with Gasteiger partial charge in [0.1, 0.15) is 5.75 Å². The van der Waals surface area contributed by atoms with Crippen LogP contribution >= 0.6 is 0 Å². The van der Waals surface area contributed by atoms with E-state index in [0.717, 1.165) is 12.1 Å². The molecule has 2 unspecified atom stereocenters. The lowest BCUT2D eigenvalue weighted by atomic mass is 10.1. The van der Waals surface area contributed by atoms with E-state index in [0.29, 0.717) is 0 Å². The number of carbonyl (C=O) groups is 1. The predicted octanol–water partition coefficient (Wildman–Crippen LogP) is 2.21. The Morgan fingerprint density at radius 2 is 2.00 bits per heavy atom. The zero-order valence-corrected chi connectivity index (χ0v) is 11.9. The number of aliphatic hydroxyl groups is 1. The number of benzene rings is 1. The van der Waals surface area contributed by atoms with Gasteiger partial charge in [-0.25, -0.2) is 4.39 Å². The summed E-state index contributed by atoms with van der Waals surface area (Å²) in [5.41, 5.74) is -4.19. The predicted molar refractivity (Wildman–Crippen MR) is 68.7 cm³/mol. The summed E-state index contributed by atoms with van der Waals surface area (Å²) in [4.78, 5) is 11.5. The minimum atomic E-state index is -5.20. The Morgan fingerprint density at radius 1 is 1.43 bits per heavy atom. The van der Waals surface area contributed by atoms with Gasteiger partial charge in [-0.1, -0.05) is 0 Å². The molecule has 0 saturated heterocycles. The molecule has 4 nitrogen and oxygen atoms in total. The van der Waals surface area contributed by atoms with Crippen LogP contribution in [-0.2, 0) is 16.0 Å². The van der Waals surface area contributed by atoms with Crippen LogP contribution in [0.15, 0.2) is 23.1 Å². The molecule has 0 aliphatic carbocycles. The molecule has 0 bridgehead atoms. The van der Waals surface area contributed by atoms with Gasteiger partial charge in [-0.05, 0) is 37.2 Å². The van der Waals surface area contributed by atoms with Crippen molar-refractivity contribution in [1.29, 1.82) is 0 Å². The van der Waals surface area contributed by atoms with Crippen molar-refractivity contribution in [3.05, 3.63) is 24.0 Å². The summed E-state index contributed by atoms with van der Waals surface area (Å²) in [7, 11) is 0. The quantitative estimate of drug-likeness (QED) is 0.658. The van der Waals surface area contributed by atoms with Crippen molar-refractivity contribution in [1.82, 2.24) is 0 Å². The second kappa shape index (κ2) is 6.20. The first-order chi connectivity index (χ1) is 9.50. The van der Waals surface area contributed by atoms with Crippen LogP contribution in [-0.4, -0.2) is 33.1 Å². The van der Waals surface area contributed by atoms with Crippen molar-refractivity contribution < 1.29 is 32.0 Å². The van der Waals surface area contributed by atoms with E-state index in [1.54, 1.807) is 12.2 Å². The van der Waals surface area contributed by atoms with Gasteiger partial charge in [0.25, 0.3) is 5.91 Å². The summed E-state index contributed by atoms with van der Waals surface area (Å²) >= 11 is -1.43. The molecule has 0 heterocycles. The smallest absolute Gasteiger partial charge is 0.426 e. The van der Waals surface area contributed by atoms with Crippen LogP contribution < -0.4 is 5.32 Å². The summed E-state index contributed by atoms with van der Waals surface area (Å²) in [5, 5.41) is 10.8. The van der Waals surface area contributed by atoms with E-state index < -0.39 is 40.4 Å². The molecule has 0 radical (unpaired) electrons. The zero-order valence-electron chi connectivity index (χ0n) is 11.1. The Balaban J connectivity index is 2.97. The van der Waals surface area contributed by atoms with Gasteiger partial charge < -0.3 is 15.0 Å². The van der Waals surface area contributed by atoms with Gasteiger partial charge in [-0.2, -0.15) is 13.2 Å². The molecule has 2 atom stereocenters. The van der Waals surface area contributed by atoms with E-state index in [9.17, 15) is 26.9 Å². The maximum Gasteiger partial charge on any atom is 0.426 e. The van der Waals surface area contributed by atoms with Crippen LogP contribution in [0.5, 0.6) is 0 Å². The highest BCUT2D eigenvalue weighted by molar-refractivity contribution is 7.91. The number of hydrogen-bond acceptors (Lipinski definition) is 3. The fraction of sp³-hybridized carbons (Fsp3) is 0.417. The number of amides is 1. The van der Waals surface area contributed by atoms with E-state index in [-0.39, 0.29) is 17.6 Å². The third-order valence-electron chi connectivity index (χ3n) is 2.71. The largest absolute Gasteiger partial charge is 0.611 e. The standard InChI is InChI=1S/C12H13F4NO3S/c1-3-21(20)7-4-5-9(8(13)6-7)17-10(18)11(2,19)12(14,15)16/h4-6,19H,3H2,1-2H3,(H,17,18). The Morgan fingerprint density at radius 3 is 2.43 bits per heavy atom. The van der Waals surface area contributed by atoms with E-state index in [2.05, 4.69) is 0 Å². The molecule has 2 N–H and O–H groups in total. The topological polar surface area (TPSA) is 72.4 Å². The third-order valence-corrected chi connectivity index (χ3v) is 4.01. The molecule has 0 fully saturated rings. The highest BCUT2D eigenvalue weighted by Crippen LogP contribution is 2.31. The van der Waals surface area contributed by atoms with Crippen molar-refractivity contribution in [2.24, 2.45) is 0 Å². The maximum atomic E-state index is 13.7. The van der Waals surface area contributed by atoms with E-state index >= 15 is 0 Å². The summed E-state index contributed by atoms with van der Waals surface area (Å²) in [5.74, 6) is -2.60. The van der Waals surface area contributed by atoms with Crippen LogP contribution in [0, 0.1) is 5.82 Å². The van der Waals surface area contributed by atoms with Crippen LogP contribution in [0.1, 0.15) is 13.8 Å². The van der Waals surface area contributed by atoms with Gasteiger partial charge in [0.2, 0.25) is 5.60 Å². The van der Waals surface area contributed by atoms with Crippen LogP contribution in [0.25, 0.3) is 0 Å². The molecule has 0 aliphatic heterocycles. The number of rotatable bonds is 4. The molecule has 0 aromatic heterocycles. The van der Waals surface area contributed by atoms with Crippen molar-refractivity contribution in [2.75, 3.05) is 11.1 Å². The number of nitrogens with one attached hydrogen (secondary N) is 1. The molecule has 1 amide bonds. The van der Waals surface area contributed by atoms with Crippen molar-refractivity contribution in [3.63, 3.8) is 0 Å². The van der Waals surface area contributed by atoms with Crippen molar-refractivity contribution in [2.45, 2.75) is 30.5 Å². The van der Waals surface area contributed by atoms with Gasteiger partial charge in [0.05, 0.1) is 5.69 Å². The van der Waals surface area contributed by atoms with Gasteiger partial charge in [-0.15, -0.1) is 0 Å². The van der Waals surface area contributed by atoms with Crippen molar-refractivity contribution >= 4 is 22.8 Å². The average molecular weight is 327 g/mol. The van der Waals surface area contributed by atoms with Crippen molar-refractivity contribution in [3.8, 4) is 0 Å². The number of halogens is 4. The van der Waals surface area contributed by atoms with Gasteiger partial charge in [-0.3, -0.25) is 4.79 Å². The minimum absolute atomic E-state index is 0.149. The zero-order chi connectivity index (χ0) is 16.4. The average Bonchev–Trinajstić information content (AvgIpc) is 2.38. The second-order valence-electron chi connectivity index (χ2n) is 4.30. The summed E-state index contributed by atoms with van der Waals surface area (Å²) in [6, 6.07) is 3.07. The Labute approximate surface area is 121 Å². The van der Waals surface area contributed by atoms with Gasteiger partial charge >= 0.3 is 6.18 Å². The minimum Gasteiger partial charge on any atom is -0.611 e. The SMILES string of the molecule is CC[S+]([O-])c1ccc(NC(=O)C(C)(O)C(F)(F)F)c(F)c1. The number of anilines is 1. The molecule has 0 saturated carbocycles. The van der Waals surface area contributed by atoms with E-state index in [1.165, 1.54) is 6.07 Å². The first kappa shape index (κ1) is 17.7. The molecule has 0 spiro atoms. The van der Waals surface area contributed by atoms with Crippen LogP contribution in [0.3, 0.4) is 0 Å². The lowest BCUT2D eigenvalue weighted by Gasteiger charge is -2.25. The molecular weight excluding hydrogens is 314 g/mol. The summed E-state index contributed by atoms with van der Waals surface area (Å²) in [6.45, 7) is 1.88. The molecule has 21 heavy (non-hydrogen) atoms. The van der Waals surface area contributed by atoms with E-state index in [1.807, 2.05) is 0 Å². The van der Waals surface area contributed by atoms with Crippen LogP contribution in [0.4, 0.5) is 23.2 Å². The monoisotopic (exact) mass is 327 g/mol. The fourth-order valence-electron chi connectivity index (χ4n) is 1.28. The Bertz CT molecular complexity index is 534. The van der Waals surface area contributed by atoms with Gasteiger partial charge in [0, 0.05) is 6.07 Å². The molecular formula is C12H13F4NO3S. The summed E-state index contributed by atoms with van der Waals surface area (Å²) in [6.07, 6.45) is -5.20. The first-order valence-corrected chi connectivity index (χ1v) is 7.11. The molecule has 118 valence electrons. The molecule has 1 aromatic carbocycles. The Kier molecular flexibility index (Phi) is 5.24. The molecule has 1 rings (SSSR count). The number of carbonyl (C=O) groups excluding carboxylic acids is 1. The van der Waals surface area contributed by atoms with E-state index in [4.69, 9.17) is 5.11 Å². The highest BCUT2D eigenvalue weighted by atomic mass is 32.2. The highest BCUT2D eigenvalue weighted by Gasteiger charge is 2.55. The normalized spacial score (nSPS) is 16.2. The molecule has 1 aromatic rings. The lowest BCUT2D eigenvalue weighted by molar-refractivity contribution is -0.242. The molecule has 9 heteroatoms. The second-order valence-corrected chi connectivity index (χ2v) is 6.04. The van der Waals surface area contributed by atoms with Gasteiger partial charge in [0.15, 0.2) is 10.7 Å². The third kappa shape index (κ3) is 3.86. The van der Waals surface area contributed by atoms with Crippen LogP contribution in [0.2, 0.25) is 0 Å². The summed E-state index contributed by atoms with van der Waals surface area (Å²) < 4.78 is 62.5. The first-order valence-electron chi connectivity index (χ1n) is 5.79. The molecule has 0 aliphatic rings. The number of alkyl halides is 3. The Hall–Kier alpha value is -1.32. The fourth-order valence-corrected chi connectivity index (χ4v) is 2.07. The number of hydrogen-bond donors (Lipinski definition) is 2.